The first-order chi connectivity index (χ1) is 6.35. The molecule has 0 aromatic heterocycles. The highest BCUT2D eigenvalue weighted by molar-refractivity contribution is 5.76. The Morgan fingerprint density at radius 1 is 1.57 bits per heavy atom. The molecule has 0 aromatic rings. The van der Waals surface area contributed by atoms with E-state index >= 15 is 0 Å². The molecule has 0 heterocycles. The van der Waals surface area contributed by atoms with Crippen molar-refractivity contribution in [1.29, 1.82) is 0 Å². The smallest absolute Gasteiger partial charge is 0.312 e. The molecule has 0 radical (unpaired) electrons. The Bertz CT molecular complexity index is 192. The normalized spacial score (nSPS) is 14.2. The van der Waals surface area contributed by atoms with E-state index in [0.717, 1.165) is 0 Å². The number of rotatable bonds is 5. The topological polar surface area (TPSA) is 49.8 Å². The van der Waals surface area contributed by atoms with Crippen LogP contribution in [0.15, 0.2) is 0 Å². The molecular formula is C10H21NO3. The van der Waals surface area contributed by atoms with Crippen LogP contribution in [0, 0.1) is 5.41 Å². The van der Waals surface area contributed by atoms with Crippen LogP contribution in [0.4, 0.5) is 0 Å². The molecule has 4 nitrogen and oxygen atoms in total. The second-order valence-electron chi connectivity index (χ2n) is 4.32. The van der Waals surface area contributed by atoms with Gasteiger partial charge in [0.25, 0.3) is 0 Å². The van der Waals surface area contributed by atoms with Crippen LogP contribution < -0.4 is 0 Å². The number of hydrogen-bond acceptors (Lipinski definition) is 4. The molecule has 0 amide bonds. The fourth-order valence-corrected chi connectivity index (χ4v) is 1.26. The Morgan fingerprint density at radius 2 is 2.07 bits per heavy atom. The van der Waals surface area contributed by atoms with Crippen LogP contribution in [0.1, 0.15) is 20.8 Å². The summed E-state index contributed by atoms with van der Waals surface area (Å²) in [7, 11) is 3.27. The number of esters is 1. The van der Waals surface area contributed by atoms with Crippen molar-refractivity contribution in [2.45, 2.75) is 26.8 Å². The molecule has 0 aliphatic carbocycles. The largest absolute Gasteiger partial charge is 0.469 e. The standard InChI is InChI=1S/C10H21NO3/c1-8(6-12)11(4)7-10(2,3)9(13)14-5/h8,12H,6-7H2,1-5H3. The molecule has 0 aromatic carbocycles. The van der Waals surface area contributed by atoms with Crippen molar-refractivity contribution in [3.63, 3.8) is 0 Å². The number of aliphatic hydroxyl groups excluding tert-OH is 1. The van der Waals surface area contributed by atoms with Gasteiger partial charge in [-0.15, -0.1) is 0 Å². The molecule has 0 saturated carbocycles. The summed E-state index contributed by atoms with van der Waals surface area (Å²) in [6, 6.07) is 0.0546. The Morgan fingerprint density at radius 3 is 2.43 bits per heavy atom. The van der Waals surface area contributed by atoms with Crippen LogP contribution in [0.5, 0.6) is 0 Å². The Kier molecular flexibility index (Phi) is 5.08. The summed E-state index contributed by atoms with van der Waals surface area (Å²) in [5.41, 5.74) is -0.535. The number of carbonyl (C=O) groups excluding carboxylic acids is 1. The van der Waals surface area contributed by atoms with Crippen molar-refractivity contribution in [3.05, 3.63) is 0 Å². The maximum absolute atomic E-state index is 11.4. The molecule has 0 rings (SSSR count). The van der Waals surface area contributed by atoms with Crippen molar-refractivity contribution < 1.29 is 14.6 Å². The van der Waals surface area contributed by atoms with Crippen molar-refractivity contribution in [3.8, 4) is 0 Å². The SMILES string of the molecule is COC(=O)C(C)(C)CN(C)C(C)CO. The monoisotopic (exact) mass is 203 g/mol. The highest BCUT2D eigenvalue weighted by Crippen LogP contribution is 2.19. The van der Waals surface area contributed by atoms with Crippen molar-refractivity contribution in [2.75, 3.05) is 27.3 Å². The van der Waals surface area contributed by atoms with E-state index in [1.807, 2.05) is 32.7 Å². The molecule has 0 aliphatic heterocycles. The maximum Gasteiger partial charge on any atom is 0.312 e. The minimum Gasteiger partial charge on any atom is -0.469 e. The van der Waals surface area contributed by atoms with Gasteiger partial charge in [0, 0.05) is 12.6 Å². The zero-order valence-electron chi connectivity index (χ0n) is 9.70. The molecule has 0 saturated heterocycles. The summed E-state index contributed by atoms with van der Waals surface area (Å²) in [5, 5.41) is 8.94. The highest BCUT2D eigenvalue weighted by Gasteiger charge is 2.31. The summed E-state index contributed by atoms with van der Waals surface area (Å²) < 4.78 is 4.70. The number of nitrogens with zero attached hydrogens (tertiary/aromatic N) is 1. The summed E-state index contributed by atoms with van der Waals surface area (Å²) in [6.07, 6.45) is 0. The van der Waals surface area contributed by atoms with E-state index in [9.17, 15) is 4.79 Å². The van der Waals surface area contributed by atoms with Gasteiger partial charge in [-0.05, 0) is 27.8 Å². The van der Waals surface area contributed by atoms with Gasteiger partial charge < -0.3 is 14.7 Å². The molecule has 1 atom stereocenters. The van der Waals surface area contributed by atoms with E-state index in [1.54, 1.807) is 0 Å². The molecule has 0 bridgehead atoms. The van der Waals surface area contributed by atoms with Crippen molar-refractivity contribution in [1.82, 2.24) is 4.90 Å². The first-order valence-corrected chi connectivity index (χ1v) is 4.74. The third-order valence-corrected chi connectivity index (χ3v) is 2.40. The fraction of sp³-hybridized carbons (Fsp3) is 0.900. The molecule has 4 heteroatoms. The van der Waals surface area contributed by atoms with Crippen molar-refractivity contribution in [2.24, 2.45) is 5.41 Å². The van der Waals surface area contributed by atoms with Crippen LogP contribution in [0.3, 0.4) is 0 Å². The molecule has 1 N–H and O–H groups in total. The summed E-state index contributed by atoms with van der Waals surface area (Å²) in [5.74, 6) is -0.227. The number of methoxy groups -OCH3 is 1. The Hall–Kier alpha value is -0.610. The Balaban J connectivity index is 4.28. The lowest BCUT2D eigenvalue weighted by molar-refractivity contribution is -0.152. The fourth-order valence-electron chi connectivity index (χ4n) is 1.26. The van der Waals surface area contributed by atoms with Gasteiger partial charge in [-0.25, -0.2) is 0 Å². The van der Waals surface area contributed by atoms with E-state index in [4.69, 9.17) is 9.84 Å². The van der Waals surface area contributed by atoms with Gasteiger partial charge in [0.05, 0.1) is 19.1 Å². The second kappa shape index (κ2) is 5.32. The Labute approximate surface area is 85.9 Å². The number of likely N-dealkylation sites (N-methyl/N-ethyl adjacent to an activating group) is 1. The quantitative estimate of drug-likeness (QED) is 0.661. The van der Waals surface area contributed by atoms with Crippen LogP contribution in [0.2, 0.25) is 0 Å². The molecule has 0 spiro atoms. The summed E-state index contributed by atoms with van der Waals surface area (Å²) in [6.45, 7) is 6.24. The lowest BCUT2D eigenvalue weighted by atomic mass is 9.92. The summed E-state index contributed by atoms with van der Waals surface area (Å²) >= 11 is 0. The van der Waals surface area contributed by atoms with Gasteiger partial charge in [-0.1, -0.05) is 0 Å². The third kappa shape index (κ3) is 3.64. The predicted molar refractivity (Wildman–Crippen MR) is 55.0 cm³/mol. The number of carbonyl (C=O) groups is 1. The van der Waals surface area contributed by atoms with Gasteiger partial charge in [0.15, 0.2) is 0 Å². The number of ether oxygens (including phenoxy) is 1. The van der Waals surface area contributed by atoms with Gasteiger partial charge >= 0.3 is 5.97 Å². The predicted octanol–water partition coefficient (Wildman–Crippen LogP) is 0.498. The molecule has 14 heavy (non-hydrogen) atoms. The maximum atomic E-state index is 11.4. The van der Waals surface area contributed by atoms with Crippen LogP contribution in [-0.4, -0.2) is 49.3 Å². The van der Waals surface area contributed by atoms with Crippen LogP contribution in [0.25, 0.3) is 0 Å². The average Bonchev–Trinajstić information content (AvgIpc) is 2.14. The first kappa shape index (κ1) is 13.4. The van der Waals surface area contributed by atoms with Crippen molar-refractivity contribution >= 4 is 5.97 Å². The van der Waals surface area contributed by atoms with E-state index in [-0.39, 0.29) is 18.6 Å². The van der Waals surface area contributed by atoms with Gasteiger partial charge in [0.1, 0.15) is 0 Å². The van der Waals surface area contributed by atoms with E-state index in [2.05, 4.69) is 0 Å². The minimum atomic E-state index is -0.535. The molecule has 0 aliphatic rings. The van der Waals surface area contributed by atoms with Gasteiger partial charge in [-0.2, -0.15) is 0 Å². The molecule has 1 unspecified atom stereocenters. The first-order valence-electron chi connectivity index (χ1n) is 4.74. The summed E-state index contributed by atoms with van der Waals surface area (Å²) in [4.78, 5) is 13.3. The van der Waals surface area contributed by atoms with Crippen LogP contribution >= 0.6 is 0 Å². The number of hydrogen-bond donors (Lipinski definition) is 1. The zero-order valence-corrected chi connectivity index (χ0v) is 9.70. The van der Waals surface area contributed by atoms with Gasteiger partial charge in [0.2, 0.25) is 0 Å². The van der Waals surface area contributed by atoms with E-state index in [1.165, 1.54) is 7.11 Å². The van der Waals surface area contributed by atoms with Crippen LogP contribution in [-0.2, 0) is 9.53 Å². The van der Waals surface area contributed by atoms with E-state index in [0.29, 0.717) is 6.54 Å². The minimum absolute atomic E-state index is 0.0546. The lowest BCUT2D eigenvalue weighted by Crippen LogP contribution is -2.43. The number of aliphatic hydroxyl groups is 1. The molecular weight excluding hydrogens is 182 g/mol. The molecule has 84 valence electrons. The van der Waals surface area contributed by atoms with E-state index < -0.39 is 5.41 Å². The van der Waals surface area contributed by atoms with Gasteiger partial charge in [-0.3, -0.25) is 4.79 Å². The second-order valence-corrected chi connectivity index (χ2v) is 4.32. The zero-order chi connectivity index (χ0) is 11.4. The highest BCUT2D eigenvalue weighted by atomic mass is 16.5. The molecule has 0 fully saturated rings. The average molecular weight is 203 g/mol. The lowest BCUT2D eigenvalue weighted by Gasteiger charge is -2.31. The third-order valence-electron chi connectivity index (χ3n) is 2.40.